The Kier molecular flexibility index (Phi) is 5.66. The zero-order chi connectivity index (χ0) is 39.4. The summed E-state index contributed by atoms with van der Waals surface area (Å²) < 4.78 is 66.3. The van der Waals surface area contributed by atoms with E-state index >= 15 is 0 Å². The molecule has 0 saturated carbocycles. The zero-order valence-corrected chi connectivity index (χ0v) is 28.8. The van der Waals surface area contributed by atoms with Gasteiger partial charge in [0.05, 0.1) is 27.7 Å². The van der Waals surface area contributed by atoms with Gasteiger partial charge in [0.15, 0.2) is 5.58 Å². The van der Waals surface area contributed by atoms with E-state index in [2.05, 4.69) is 56.9 Å². The first-order chi connectivity index (χ1) is 25.8. The van der Waals surface area contributed by atoms with Crippen molar-refractivity contribution in [2.45, 2.75) is 79.4 Å². The molecule has 0 amide bonds. The van der Waals surface area contributed by atoms with Gasteiger partial charge in [0.2, 0.25) is 17.3 Å². The molecule has 6 heteroatoms. The van der Waals surface area contributed by atoms with Gasteiger partial charge in [-0.05, 0) is 89.3 Å². The number of pyridine rings is 1. The highest BCUT2D eigenvalue weighted by molar-refractivity contribution is 6.12. The van der Waals surface area contributed by atoms with Crippen LogP contribution in [0, 0.1) is 13.7 Å². The summed E-state index contributed by atoms with van der Waals surface area (Å²) in [5, 5.41) is 0.828. The number of imidazole rings is 1. The minimum absolute atomic E-state index is 0.0238. The van der Waals surface area contributed by atoms with Crippen molar-refractivity contribution in [1.29, 1.82) is 0 Å². The number of fused-ring (bicyclic) bond motifs is 5. The second-order valence-corrected chi connectivity index (χ2v) is 14.5. The van der Waals surface area contributed by atoms with Gasteiger partial charge in [-0.2, -0.15) is 9.97 Å². The van der Waals surface area contributed by atoms with Gasteiger partial charge in [-0.25, -0.2) is 4.98 Å². The molecule has 0 aliphatic heterocycles. The summed E-state index contributed by atoms with van der Waals surface area (Å²) in [7, 11) is 0. The van der Waals surface area contributed by atoms with Crippen LogP contribution in [0.4, 0.5) is 0 Å². The van der Waals surface area contributed by atoms with Crippen LogP contribution in [0.3, 0.4) is 0 Å². The van der Waals surface area contributed by atoms with Crippen LogP contribution in [-0.2, 0) is 5.41 Å². The van der Waals surface area contributed by atoms with Crippen LogP contribution in [0.1, 0.15) is 96.7 Å². The maximum absolute atomic E-state index is 8.65. The Morgan fingerprint density at radius 1 is 0.735 bits per heavy atom. The van der Waals surface area contributed by atoms with Gasteiger partial charge in [-0.1, -0.05) is 97.0 Å². The summed E-state index contributed by atoms with van der Waals surface area (Å²) in [6.45, 7) is 9.52. The molecule has 0 unspecified atom stereocenters. The van der Waals surface area contributed by atoms with Crippen LogP contribution in [0.15, 0.2) is 87.7 Å². The molecule has 0 radical (unpaired) electrons. The Morgan fingerprint density at radius 3 is 2.14 bits per heavy atom. The van der Waals surface area contributed by atoms with E-state index in [-0.39, 0.29) is 39.7 Å². The molecule has 6 nitrogen and oxygen atoms in total. The molecule has 49 heavy (non-hydrogen) atoms. The number of aromatic nitrogens is 4. The molecule has 4 heterocycles. The Labute approximate surface area is 295 Å². The van der Waals surface area contributed by atoms with Gasteiger partial charge < -0.3 is 8.83 Å². The molecule has 0 bridgehead atoms. The third-order valence-corrected chi connectivity index (χ3v) is 9.28. The quantitative estimate of drug-likeness (QED) is 0.185. The third kappa shape index (κ3) is 4.96. The summed E-state index contributed by atoms with van der Waals surface area (Å²) in [5.41, 5.74) is 7.51. The first kappa shape index (κ1) is 24.8. The van der Waals surface area contributed by atoms with Crippen molar-refractivity contribution in [3.63, 3.8) is 0 Å². The molecule has 0 saturated heterocycles. The van der Waals surface area contributed by atoms with E-state index in [4.69, 9.17) is 27.0 Å². The van der Waals surface area contributed by atoms with Crippen LogP contribution in [-0.4, -0.2) is 19.5 Å². The van der Waals surface area contributed by atoms with Crippen molar-refractivity contribution >= 4 is 44.3 Å². The van der Waals surface area contributed by atoms with E-state index in [1.54, 1.807) is 30.3 Å². The van der Waals surface area contributed by atoms with Crippen molar-refractivity contribution < 1.29 is 17.1 Å². The zero-order valence-electron chi connectivity index (χ0n) is 34.8. The standard InChI is InChI=1S/C43H42N4O2/c1-23(2)30-20-28(27-15-11-10-12-16-27)21-31(24(3)4)37(30)47-36-26(6)14-13-17-33(36)44-40(47)29-19-18-25(5)35-32-22-34-39(45-41(32)49-38(29)35)46-42(48-34)43(7,8)9/h10-24H,1-9H3/i5D3,6D3. The van der Waals surface area contributed by atoms with Gasteiger partial charge in [0, 0.05) is 19.0 Å². The average molecular weight is 653 g/mol. The van der Waals surface area contributed by atoms with Gasteiger partial charge in [0.1, 0.15) is 11.4 Å². The Morgan fingerprint density at radius 2 is 1.47 bits per heavy atom. The molecule has 0 aliphatic rings. The second kappa shape index (κ2) is 11.2. The molecule has 0 N–H and O–H groups in total. The number of aryl methyl sites for hydroxylation is 2. The number of furan rings is 1. The minimum atomic E-state index is -2.50. The van der Waals surface area contributed by atoms with Crippen LogP contribution >= 0.6 is 0 Å². The topological polar surface area (TPSA) is 69.9 Å². The lowest BCUT2D eigenvalue weighted by Gasteiger charge is -2.25. The number of benzene rings is 4. The lowest BCUT2D eigenvalue weighted by molar-refractivity contribution is 0.411. The number of nitrogens with zero attached hydrogens (tertiary/aromatic N) is 4. The second-order valence-electron chi connectivity index (χ2n) is 14.5. The fraction of sp³-hybridized carbons (Fsp3) is 0.279. The molecule has 4 aromatic carbocycles. The van der Waals surface area contributed by atoms with Crippen LogP contribution in [0.25, 0.3) is 72.5 Å². The van der Waals surface area contributed by atoms with Crippen molar-refractivity contribution in [3.8, 4) is 28.2 Å². The van der Waals surface area contributed by atoms with E-state index < -0.39 is 13.7 Å². The summed E-state index contributed by atoms with van der Waals surface area (Å²) in [4.78, 5) is 14.5. The molecule has 0 spiro atoms. The minimum Gasteiger partial charge on any atom is -0.438 e. The van der Waals surface area contributed by atoms with E-state index in [1.165, 1.54) is 0 Å². The summed E-state index contributed by atoms with van der Waals surface area (Å²) in [5.74, 6) is 0.968. The summed E-state index contributed by atoms with van der Waals surface area (Å²) >= 11 is 0. The van der Waals surface area contributed by atoms with Gasteiger partial charge in [-0.3, -0.25) is 4.57 Å². The van der Waals surface area contributed by atoms with Crippen molar-refractivity contribution in [3.05, 3.63) is 107 Å². The SMILES string of the molecule is [2H]C([2H])([2H])c1ccc(-c2nc3cccc(C([2H])([2H])[2H])c3n2-c2c(C(C)C)cc(-c3ccccc3)cc2C(C)C)c2oc3nc4nc(C(C)(C)C)oc4cc3c12. The highest BCUT2D eigenvalue weighted by Crippen LogP contribution is 2.44. The van der Waals surface area contributed by atoms with Gasteiger partial charge in [0.25, 0.3) is 0 Å². The highest BCUT2D eigenvalue weighted by Gasteiger charge is 2.28. The lowest BCUT2D eigenvalue weighted by Crippen LogP contribution is -2.11. The van der Waals surface area contributed by atoms with Crippen LogP contribution in [0.2, 0.25) is 0 Å². The normalized spacial score (nSPS) is 14.9. The van der Waals surface area contributed by atoms with Gasteiger partial charge in [-0.15, -0.1) is 0 Å². The van der Waals surface area contributed by atoms with E-state index in [0.29, 0.717) is 50.3 Å². The summed E-state index contributed by atoms with van der Waals surface area (Å²) in [6.07, 6.45) is 0. The molecular formula is C43H42N4O2. The fourth-order valence-corrected chi connectivity index (χ4v) is 6.79. The van der Waals surface area contributed by atoms with Gasteiger partial charge >= 0.3 is 0 Å². The molecule has 8 aromatic rings. The molecule has 0 fully saturated rings. The lowest BCUT2D eigenvalue weighted by atomic mass is 9.88. The molecular weight excluding hydrogens is 604 g/mol. The first-order valence-corrected chi connectivity index (χ1v) is 16.8. The molecule has 246 valence electrons. The number of hydrogen-bond donors (Lipinski definition) is 0. The fourth-order valence-electron chi connectivity index (χ4n) is 6.79. The average Bonchev–Trinajstić information content (AvgIpc) is 3.82. The number of hydrogen-bond acceptors (Lipinski definition) is 5. The van der Waals surface area contributed by atoms with Crippen LogP contribution in [0.5, 0.6) is 0 Å². The van der Waals surface area contributed by atoms with Crippen molar-refractivity contribution in [1.82, 2.24) is 19.5 Å². The predicted molar refractivity (Wildman–Crippen MR) is 201 cm³/mol. The van der Waals surface area contributed by atoms with Crippen LogP contribution < -0.4 is 0 Å². The monoisotopic (exact) mass is 652 g/mol. The Bertz CT molecular complexity index is 2750. The highest BCUT2D eigenvalue weighted by atomic mass is 16.4. The molecule has 0 atom stereocenters. The molecule has 4 aromatic heterocycles. The number of rotatable bonds is 5. The maximum Gasteiger partial charge on any atom is 0.229 e. The Balaban J connectivity index is 1.53. The predicted octanol–water partition coefficient (Wildman–Crippen LogP) is 12.0. The smallest absolute Gasteiger partial charge is 0.229 e. The largest absolute Gasteiger partial charge is 0.438 e. The van der Waals surface area contributed by atoms with E-state index in [9.17, 15) is 0 Å². The number of oxazole rings is 1. The van der Waals surface area contributed by atoms with Crippen molar-refractivity contribution in [2.75, 3.05) is 0 Å². The maximum atomic E-state index is 8.65. The third-order valence-electron chi connectivity index (χ3n) is 9.28. The molecule has 8 rings (SSSR count). The molecule has 0 aliphatic carbocycles. The Hall–Kier alpha value is -5.23. The summed E-state index contributed by atoms with van der Waals surface area (Å²) in [6, 6.07) is 24.8. The first-order valence-electron chi connectivity index (χ1n) is 19.8. The van der Waals surface area contributed by atoms with E-state index in [0.717, 1.165) is 27.9 Å². The van der Waals surface area contributed by atoms with Crippen molar-refractivity contribution in [2.24, 2.45) is 0 Å². The van der Waals surface area contributed by atoms with E-state index in [1.807, 2.05) is 49.6 Å². The number of para-hydroxylation sites is 1.